The summed E-state index contributed by atoms with van der Waals surface area (Å²) in [5.74, 6) is 0.648. The van der Waals surface area contributed by atoms with Crippen molar-refractivity contribution in [3.05, 3.63) is 60.2 Å². The minimum absolute atomic E-state index is 0.132. The summed E-state index contributed by atoms with van der Waals surface area (Å²) in [5, 5.41) is -0.301. The Hall–Kier alpha value is -1.50. The van der Waals surface area contributed by atoms with E-state index in [-0.39, 0.29) is 16.6 Å². The van der Waals surface area contributed by atoms with Gasteiger partial charge in [-0.05, 0) is 39.5 Å². The molecule has 0 spiro atoms. The summed E-state index contributed by atoms with van der Waals surface area (Å²) >= 11 is 0. The van der Waals surface area contributed by atoms with Crippen LogP contribution in [0.25, 0.3) is 11.6 Å². The molecule has 0 amide bonds. The molecule has 2 radical (unpaired) electrons. The molecule has 0 heterocycles. The second-order valence-electron chi connectivity index (χ2n) is 8.02. The normalized spacial score (nSPS) is 23.4. The molecule has 1 aliphatic carbocycles. The molecule has 1 heteroatoms. The predicted octanol–water partition coefficient (Wildman–Crippen LogP) is 6.03. The lowest BCUT2D eigenvalue weighted by Gasteiger charge is -2.41. The first-order chi connectivity index (χ1) is 10.1. The Balaban J connectivity index is 2.84. The van der Waals surface area contributed by atoms with Crippen LogP contribution < -0.4 is 0 Å². The molecule has 2 atom stereocenters. The van der Waals surface area contributed by atoms with Crippen molar-refractivity contribution in [2.24, 2.45) is 11.3 Å². The highest BCUT2D eigenvalue weighted by atomic mass is 14.5. The van der Waals surface area contributed by atoms with Crippen molar-refractivity contribution in [1.29, 1.82) is 0 Å². The summed E-state index contributed by atoms with van der Waals surface area (Å²) in [6, 6.07) is 6.52. The lowest BCUT2D eigenvalue weighted by Crippen LogP contribution is -2.29. The lowest BCUT2D eigenvalue weighted by atomic mass is 9.55. The average molecular weight is 290 g/mol. The van der Waals surface area contributed by atoms with Gasteiger partial charge in [0.05, 0.1) is 7.85 Å². The number of hydrogen-bond acceptors (Lipinski definition) is 0. The van der Waals surface area contributed by atoms with Crippen molar-refractivity contribution in [1.82, 2.24) is 0 Å². The fourth-order valence-corrected chi connectivity index (χ4v) is 3.98. The molecule has 0 bridgehead atoms. The third-order valence-corrected chi connectivity index (χ3v) is 4.67. The van der Waals surface area contributed by atoms with Gasteiger partial charge in [0.15, 0.2) is 0 Å². The first kappa shape index (κ1) is 16.9. The Morgan fingerprint density at radius 3 is 2.14 bits per heavy atom. The molecule has 2 unspecified atom stereocenters. The number of fused-ring (bicyclic) bond motifs is 1. The largest absolute Gasteiger partial charge is 0.0991 e. The van der Waals surface area contributed by atoms with Gasteiger partial charge in [0.2, 0.25) is 0 Å². The second-order valence-corrected chi connectivity index (χ2v) is 8.02. The van der Waals surface area contributed by atoms with Crippen molar-refractivity contribution in [3.8, 4) is 0 Å². The highest BCUT2D eigenvalue weighted by Gasteiger charge is 2.47. The average Bonchev–Trinajstić information content (AvgIpc) is 2.73. The van der Waals surface area contributed by atoms with Crippen LogP contribution in [0.15, 0.2) is 43.5 Å². The third-order valence-electron chi connectivity index (χ3n) is 4.67. The van der Waals surface area contributed by atoms with Gasteiger partial charge in [0.25, 0.3) is 0 Å². The zero-order valence-electron chi connectivity index (χ0n) is 14.6. The van der Waals surface area contributed by atoms with Crippen LogP contribution in [-0.2, 0) is 0 Å². The Bertz CT molecular complexity index is 620. The van der Waals surface area contributed by atoms with Gasteiger partial charge in [-0.25, -0.2) is 0 Å². The first-order valence-electron chi connectivity index (χ1n) is 8.00. The molecular weight excluding hydrogens is 263 g/mol. The molecule has 1 aromatic carbocycles. The van der Waals surface area contributed by atoms with E-state index in [9.17, 15) is 0 Å². The maximum Gasteiger partial charge on any atom is 0.0747 e. The minimum Gasteiger partial charge on any atom is -0.0991 e. The number of allylic oxidation sites excluding steroid dienone is 3. The smallest absolute Gasteiger partial charge is 0.0747 e. The summed E-state index contributed by atoms with van der Waals surface area (Å²) in [6.45, 7) is 19.1. The van der Waals surface area contributed by atoms with Gasteiger partial charge in [0.1, 0.15) is 0 Å². The summed E-state index contributed by atoms with van der Waals surface area (Å²) in [7, 11) is 6.62. The van der Waals surface area contributed by atoms with Gasteiger partial charge in [-0.3, -0.25) is 0 Å². The van der Waals surface area contributed by atoms with Crippen LogP contribution in [0.2, 0.25) is 5.31 Å². The van der Waals surface area contributed by atoms with Gasteiger partial charge < -0.3 is 0 Å². The van der Waals surface area contributed by atoms with Crippen LogP contribution in [0.5, 0.6) is 0 Å². The van der Waals surface area contributed by atoms with E-state index in [1.54, 1.807) is 0 Å². The summed E-state index contributed by atoms with van der Waals surface area (Å²) < 4.78 is 0. The van der Waals surface area contributed by atoms with Crippen LogP contribution in [0.1, 0.15) is 57.2 Å². The van der Waals surface area contributed by atoms with Crippen LogP contribution in [-0.4, -0.2) is 7.85 Å². The van der Waals surface area contributed by atoms with E-state index in [0.29, 0.717) is 5.92 Å². The van der Waals surface area contributed by atoms with Crippen LogP contribution in [0.4, 0.5) is 0 Å². The SMILES string of the molecule is [B]C(C)(C)C1/C(=C/C=C)c2c(C=C)cccc2C1C(C)(C)C. The summed E-state index contributed by atoms with van der Waals surface area (Å²) in [5.41, 5.74) is 5.31. The molecule has 0 aliphatic heterocycles. The summed E-state index contributed by atoms with van der Waals surface area (Å²) in [4.78, 5) is 0. The van der Waals surface area contributed by atoms with Crippen LogP contribution in [0, 0.1) is 11.3 Å². The Morgan fingerprint density at radius 2 is 1.68 bits per heavy atom. The maximum absolute atomic E-state index is 6.62. The molecule has 0 nitrogen and oxygen atoms in total. The summed E-state index contributed by atoms with van der Waals surface area (Å²) in [6.07, 6.45) is 5.96. The quantitative estimate of drug-likeness (QED) is 0.596. The van der Waals surface area contributed by atoms with E-state index >= 15 is 0 Å². The standard InChI is InChI=1S/C21H27B/c1-8-11-15-17-14(9-2)12-10-13-16(17)18(20(3,4)5)19(15)21(6,7)22/h8-13,18-19H,1-2H2,3-7H3/b15-11+. The third kappa shape index (κ3) is 2.74. The van der Waals surface area contributed by atoms with E-state index in [2.05, 4.69) is 72.1 Å². The second kappa shape index (κ2) is 5.61. The zero-order chi connectivity index (χ0) is 16.7. The molecule has 0 saturated carbocycles. The molecule has 22 heavy (non-hydrogen) atoms. The predicted molar refractivity (Wildman–Crippen MR) is 100 cm³/mol. The van der Waals surface area contributed by atoms with E-state index in [0.717, 1.165) is 0 Å². The zero-order valence-corrected chi connectivity index (χ0v) is 14.6. The van der Waals surface area contributed by atoms with Crippen molar-refractivity contribution in [2.75, 3.05) is 0 Å². The van der Waals surface area contributed by atoms with Crippen LogP contribution in [0.3, 0.4) is 0 Å². The van der Waals surface area contributed by atoms with E-state index in [4.69, 9.17) is 7.85 Å². The maximum atomic E-state index is 6.62. The first-order valence-corrected chi connectivity index (χ1v) is 8.00. The van der Waals surface area contributed by atoms with Crippen molar-refractivity contribution in [3.63, 3.8) is 0 Å². The fourth-order valence-electron chi connectivity index (χ4n) is 3.98. The molecule has 0 N–H and O–H groups in total. The monoisotopic (exact) mass is 290 g/mol. The van der Waals surface area contributed by atoms with E-state index in [1.165, 1.54) is 22.3 Å². The molecule has 0 aromatic heterocycles. The number of hydrogen-bond donors (Lipinski definition) is 0. The molecule has 0 saturated heterocycles. The highest BCUT2D eigenvalue weighted by Crippen LogP contribution is 2.61. The van der Waals surface area contributed by atoms with Crippen molar-refractivity contribution < 1.29 is 0 Å². The molecule has 1 aromatic rings. The molecule has 0 fully saturated rings. The molecular formula is C21H27B. The van der Waals surface area contributed by atoms with E-state index in [1.807, 2.05) is 12.2 Å². The Labute approximate surface area is 137 Å². The molecule has 1 aliphatic rings. The lowest BCUT2D eigenvalue weighted by molar-refractivity contribution is 0.249. The van der Waals surface area contributed by atoms with Crippen molar-refractivity contribution in [2.45, 2.75) is 45.9 Å². The van der Waals surface area contributed by atoms with Crippen molar-refractivity contribution >= 4 is 19.5 Å². The highest BCUT2D eigenvalue weighted by molar-refractivity contribution is 6.16. The van der Waals surface area contributed by atoms with Gasteiger partial charge in [-0.15, -0.1) is 0 Å². The van der Waals surface area contributed by atoms with Gasteiger partial charge in [-0.1, -0.05) is 89.5 Å². The van der Waals surface area contributed by atoms with Crippen LogP contribution >= 0.6 is 0 Å². The van der Waals surface area contributed by atoms with Gasteiger partial charge in [0, 0.05) is 0 Å². The Morgan fingerprint density at radius 1 is 1.05 bits per heavy atom. The van der Waals surface area contributed by atoms with E-state index < -0.39 is 0 Å². The van der Waals surface area contributed by atoms with Gasteiger partial charge >= 0.3 is 0 Å². The molecule has 114 valence electrons. The Kier molecular flexibility index (Phi) is 4.30. The topological polar surface area (TPSA) is 0 Å². The minimum atomic E-state index is -0.301. The van der Waals surface area contributed by atoms with Gasteiger partial charge in [-0.2, -0.15) is 0 Å². The number of benzene rings is 1. The fraction of sp³-hybridized carbons (Fsp3) is 0.429. The number of rotatable bonds is 3. The molecule has 2 rings (SSSR count).